The van der Waals surface area contributed by atoms with E-state index >= 15 is 0 Å². The number of benzene rings is 2. The molecule has 2 heterocycles. The lowest BCUT2D eigenvalue weighted by molar-refractivity contribution is 0.490. The van der Waals surface area contributed by atoms with Crippen molar-refractivity contribution in [3.05, 3.63) is 60.9 Å². The molecule has 0 radical (unpaired) electrons. The van der Waals surface area contributed by atoms with Gasteiger partial charge in [0.25, 0.3) is 10.1 Å². The number of H-pyrrole nitrogens is 1. The Morgan fingerprint density at radius 2 is 1.62 bits per heavy atom. The van der Waals surface area contributed by atoms with Gasteiger partial charge in [0.05, 0.1) is 11.8 Å². The number of hydrogen-bond acceptors (Lipinski definition) is 4. The molecule has 7 heteroatoms. The predicted molar refractivity (Wildman–Crippen MR) is 94.3 cm³/mol. The standard InChI is InChI=1S/C16H11N3.CH4O3S/c1-2-4-13-11(3-1)5-6-14-15(18-19-16(13)14)12-7-9-17-10-8-12;1-5(2,3)4/h1-10H,(H,18,19);1H3,(H,2,3,4). The summed E-state index contributed by atoms with van der Waals surface area (Å²) in [6.45, 7) is 0. The van der Waals surface area contributed by atoms with Gasteiger partial charge in [-0.2, -0.15) is 13.5 Å². The topological polar surface area (TPSA) is 95.9 Å². The molecule has 0 amide bonds. The average Bonchev–Trinajstić information content (AvgIpc) is 2.98. The van der Waals surface area contributed by atoms with Crippen LogP contribution < -0.4 is 0 Å². The number of pyridine rings is 1. The Labute approximate surface area is 138 Å². The highest BCUT2D eigenvalue weighted by atomic mass is 32.2. The molecule has 122 valence electrons. The van der Waals surface area contributed by atoms with Crippen LogP contribution >= 0.6 is 0 Å². The van der Waals surface area contributed by atoms with Gasteiger partial charge in [-0.15, -0.1) is 0 Å². The molecule has 2 aromatic heterocycles. The van der Waals surface area contributed by atoms with Gasteiger partial charge in [-0.3, -0.25) is 14.6 Å². The van der Waals surface area contributed by atoms with Crippen molar-refractivity contribution in [3.8, 4) is 11.3 Å². The Balaban J connectivity index is 0.000000300. The number of nitrogens with one attached hydrogen (secondary N) is 1. The fourth-order valence-electron chi connectivity index (χ4n) is 2.49. The van der Waals surface area contributed by atoms with Crippen LogP contribution in [0.1, 0.15) is 0 Å². The van der Waals surface area contributed by atoms with Gasteiger partial charge in [-0.1, -0.05) is 30.3 Å². The molecule has 0 unspecified atom stereocenters. The van der Waals surface area contributed by atoms with Crippen molar-refractivity contribution >= 4 is 31.8 Å². The summed E-state index contributed by atoms with van der Waals surface area (Å²) >= 11 is 0. The first-order valence-electron chi connectivity index (χ1n) is 7.12. The van der Waals surface area contributed by atoms with E-state index < -0.39 is 10.1 Å². The molecule has 0 bridgehead atoms. The molecular formula is C17H15N3O3S. The SMILES string of the molecule is CS(=O)(=O)O.c1ccc2c(c1)ccc1c(-c3ccncc3)n[nH]c12. The van der Waals surface area contributed by atoms with Crippen LogP contribution in [0.5, 0.6) is 0 Å². The van der Waals surface area contributed by atoms with Crippen LogP contribution in [0.4, 0.5) is 0 Å². The summed E-state index contributed by atoms with van der Waals surface area (Å²) in [7, 11) is -3.67. The summed E-state index contributed by atoms with van der Waals surface area (Å²) in [4.78, 5) is 4.05. The molecule has 0 spiro atoms. The Bertz CT molecular complexity index is 1080. The number of aromatic amines is 1. The maximum absolute atomic E-state index is 9.19. The second-order valence-corrected chi connectivity index (χ2v) is 6.72. The smallest absolute Gasteiger partial charge is 0.261 e. The first-order valence-corrected chi connectivity index (χ1v) is 8.97. The van der Waals surface area contributed by atoms with Gasteiger partial charge in [0.2, 0.25) is 0 Å². The highest BCUT2D eigenvalue weighted by Gasteiger charge is 2.09. The molecular weight excluding hydrogens is 326 g/mol. The molecule has 0 saturated carbocycles. The van der Waals surface area contributed by atoms with Gasteiger partial charge >= 0.3 is 0 Å². The summed E-state index contributed by atoms with van der Waals surface area (Å²) in [6.07, 6.45) is 4.29. The van der Waals surface area contributed by atoms with Crippen molar-refractivity contribution in [3.63, 3.8) is 0 Å². The molecule has 4 aromatic rings. The van der Waals surface area contributed by atoms with Crippen molar-refractivity contribution < 1.29 is 13.0 Å². The third-order valence-corrected chi connectivity index (χ3v) is 3.42. The molecule has 0 saturated heterocycles. The van der Waals surface area contributed by atoms with Gasteiger partial charge in [0.15, 0.2) is 0 Å². The minimum atomic E-state index is -3.67. The highest BCUT2D eigenvalue weighted by molar-refractivity contribution is 7.85. The van der Waals surface area contributed by atoms with Crippen LogP contribution in [-0.4, -0.2) is 34.4 Å². The number of nitrogens with zero attached hydrogens (tertiary/aromatic N) is 2. The zero-order chi connectivity index (χ0) is 17.2. The second kappa shape index (κ2) is 6.38. The summed E-state index contributed by atoms with van der Waals surface area (Å²) < 4.78 is 25.9. The van der Waals surface area contributed by atoms with E-state index in [1.165, 1.54) is 10.8 Å². The minimum Gasteiger partial charge on any atom is -0.286 e. The summed E-state index contributed by atoms with van der Waals surface area (Å²) in [6, 6.07) is 16.5. The monoisotopic (exact) mass is 341 g/mol. The summed E-state index contributed by atoms with van der Waals surface area (Å²) in [5.74, 6) is 0. The summed E-state index contributed by atoms with van der Waals surface area (Å²) in [5.41, 5.74) is 3.14. The number of aromatic nitrogens is 3. The normalized spacial score (nSPS) is 11.2. The lowest BCUT2D eigenvalue weighted by Gasteiger charge is -2.00. The van der Waals surface area contributed by atoms with E-state index in [-0.39, 0.29) is 0 Å². The van der Waals surface area contributed by atoms with E-state index in [9.17, 15) is 8.42 Å². The van der Waals surface area contributed by atoms with Gasteiger partial charge in [0.1, 0.15) is 5.69 Å². The van der Waals surface area contributed by atoms with E-state index in [1.54, 1.807) is 12.4 Å². The first-order chi connectivity index (χ1) is 11.4. The van der Waals surface area contributed by atoms with Gasteiger partial charge in [0, 0.05) is 28.7 Å². The second-order valence-electron chi connectivity index (χ2n) is 5.25. The Morgan fingerprint density at radius 3 is 2.33 bits per heavy atom. The van der Waals surface area contributed by atoms with E-state index in [1.807, 2.05) is 18.2 Å². The third-order valence-electron chi connectivity index (χ3n) is 3.42. The molecule has 0 fully saturated rings. The molecule has 0 aliphatic heterocycles. The van der Waals surface area contributed by atoms with Crippen molar-refractivity contribution in [1.29, 1.82) is 0 Å². The molecule has 4 rings (SSSR count). The Hall–Kier alpha value is -2.77. The average molecular weight is 341 g/mol. The fraction of sp³-hybridized carbons (Fsp3) is 0.0588. The molecule has 0 aliphatic rings. The Kier molecular flexibility index (Phi) is 4.28. The number of fused-ring (bicyclic) bond motifs is 3. The predicted octanol–water partition coefficient (Wildman–Crippen LogP) is 3.28. The number of rotatable bonds is 1. The largest absolute Gasteiger partial charge is 0.286 e. The van der Waals surface area contributed by atoms with Crippen LogP contribution in [0.3, 0.4) is 0 Å². The first kappa shape index (κ1) is 16.1. The van der Waals surface area contributed by atoms with E-state index in [0.29, 0.717) is 6.26 Å². The summed E-state index contributed by atoms with van der Waals surface area (Å²) in [5, 5.41) is 11.2. The van der Waals surface area contributed by atoms with Gasteiger partial charge in [-0.25, -0.2) is 0 Å². The maximum atomic E-state index is 9.19. The maximum Gasteiger partial charge on any atom is 0.261 e. The number of hydrogen-bond donors (Lipinski definition) is 2. The van der Waals surface area contributed by atoms with Crippen molar-refractivity contribution in [2.24, 2.45) is 0 Å². The lowest BCUT2D eigenvalue weighted by Crippen LogP contribution is -1.88. The zero-order valence-corrected chi connectivity index (χ0v) is 13.7. The van der Waals surface area contributed by atoms with Crippen molar-refractivity contribution in [1.82, 2.24) is 15.2 Å². The molecule has 6 nitrogen and oxygen atoms in total. The highest BCUT2D eigenvalue weighted by Crippen LogP contribution is 2.30. The fourth-order valence-corrected chi connectivity index (χ4v) is 2.49. The molecule has 0 atom stereocenters. The van der Waals surface area contributed by atoms with Crippen molar-refractivity contribution in [2.45, 2.75) is 0 Å². The van der Waals surface area contributed by atoms with E-state index in [0.717, 1.165) is 22.2 Å². The van der Waals surface area contributed by atoms with Crippen LogP contribution in [0.15, 0.2) is 60.9 Å². The van der Waals surface area contributed by atoms with Gasteiger partial charge in [-0.05, 0) is 23.6 Å². The molecule has 2 aromatic carbocycles. The van der Waals surface area contributed by atoms with Crippen LogP contribution in [0.2, 0.25) is 0 Å². The van der Waals surface area contributed by atoms with Crippen LogP contribution in [-0.2, 0) is 10.1 Å². The zero-order valence-electron chi connectivity index (χ0n) is 12.8. The van der Waals surface area contributed by atoms with Crippen LogP contribution in [0, 0.1) is 0 Å². The lowest BCUT2D eigenvalue weighted by atomic mass is 10.0. The quantitative estimate of drug-likeness (QED) is 0.518. The van der Waals surface area contributed by atoms with E-state index in [4.69, 9.17) is 4.55 Å². The van der Waals surface area contributed by atoms with E-state index in [2.05, 4.69) is 45.5 Å². The molecule has 0 aliphatic carbocycles. The van der Waals surface area contributed by atoms with Crippen LogP contribution in [0.25, 0.3) is 32.9 Å². The third kappa shape index (κ3) is 3.58. The molecule has 2 N–H and O–H groups in total. The molecule has 24 heavy (non-hydrogen) atoms. The minimum absolute atomic E-state index is 0.715. The Morgan fingerprint density at radius 1 is 0.958 bits per heavy atom. The van der Waals surface area contributed by atoms with Gasteiger partial charge < -0.3 is 0 Å². The van der Waals surface area contributed by atoms with Crippen molar-refractivity contribution in [2.75, 3.05) is 6.26 Å².